The number of hydrogen-bond acceptors (Lipinski definition) is 8. The van der Waals surface area contributed by atoms with Gasteiger partial charge in [0, 0.05) is 49.7 Å². The first-order chi connectivity index (χ1) is 19.4. The molecule has 0 aromatic carbocycles. The molecule has 5 rings (SSSR count). The summed E-state index contributed by atoms with van der Waals surface area (Å²) in [6.45, 7) is 12.2. The molecule has 1 aliphatic heterocycles. The van der Waals surface area contributed by atoms with Crippen LogP contribution in [-0.2, 0) is 6.18 Å². The Labute approximate surface area is 235 Å². The molecule has 0 saturated carbocycles. The van der Waals surface area contributed by atoms with E-state index in [1.54, 1.807) is 25.4 Å². The number of anilines is 2. The summed E-state index contributed by atoms with van der Waals surface area (Å²) in [4.78, 5) is 29.9. The van der Waals surface area contributed by atoms with Gasteiger partial charge in [-0.2, -0.15) is 13.2 Å². The van der Waals surface area contributed by atoms with Gasteiger partial charge in [-0.3, -0.25) is 24.6 Å². The Bertz CT molecular complexity index is 1550. The van der Waals surface area contributed by atoms with Crippen molar-refractivity contribution in [1.29, 1.82) is 0 Å². The lowest BCUT2D eigenvalue weighted by Crippen LogP contribution is -2.53. The van der Waals surface area contributed by atoms with Crippen molar-refractivity contribution in [3.63, 3.8) is 0 Å². The highest BCUT2D eigenvalue weighted by Crippen LogP contribution is 2.29. The van der Waals surface area contributed by atoms with Crippen molar-refractivity contribution in [2.75, 3.05) is 36.4 Å². The monoisotopic (exact) mass is 565 g/mol. The van der Waals surface area contributed by atoms with E-state index in [1.807, 2.05) is 12.3 Å². The van der Waals surface area contributed by atoms with E-state index in [9.17, 15) is 18.0 Å². The average Bonchev–Trinajstić information content (AvgIpc) is 3.44. The predicted octanol–water partition coefficient (Wildman–Crippen LogP) is 4.62. The van der Waals surface area contributed by atoms with E-state index in [-0.39, 0.29) is 16.9 Å². The number of piperazine rings is 1. The number of amides is 1. The van der Waals surface area contributed by atoms with E-state index in [0.29, 0.717) is 23.1 Å². The Hall–Kier alpha value is -4.39. The maximum atomic E-state index is 13.0. The van der Waals surface area contributed by atoms with E-state index in [2.05, 4.69) is 61.2 Å². The molecule has 0 aliphatic carbocycles. The summed E-state index contributed by atoms with van der Waals surface area (Å²) in [5.41, 5.74) is 2.65. The largest absolute Gasteiger partial charge is 0.416 e. The van der Waals surface area contributed by atoms with E-state index in [4.69, 9.17) is 0 Å². The van der Waals surface area contributed by atoms with Crippen LogP contribution in [0.15, 0.2) is 55.2 Å². The van der Waals surface area contributed by atoms with Gasteiger partial charge in [-0.1, -0.05) is 5.21 Å². The third-order valence-electron chi connectivity index (χ3n) is 6.99. The van der Waals surface area contributed by atoms with E-state index in [0.717, 1.165) is 49.7 Å². The van der Waals surface area contributed by atoms with Crippen molar-refractivity contribution in [3.05, 3.63) is 72.2 Å². The topological polar surface area (TPSA) is 105 Å². The van der Waals surface area contributed by atoms with Gasteiger partial charge in [-0.05, 0) is 52.0 Å². The van der Waals surface area contributed by atoms with Crippen LogP contribution in [0.2, 0.25) is 0 Å². The van der Waals surface area contributed by atoms with Gasteiger partial charge in [-0.15, -0.1) is 5.10 Å². The number of aryl methyl sites for hydroxylation is 1. The van der Waals surface area contributed by atoms with Crippen molar-refractivity contribution >= 4 is 17.3 Å². The lowest BCUT2D eigenvalue weighted by atomic mass is 10.0. The van der Waals surface area contributed by atoms with E-state index in [1.165, 1.54) is 10.9 Å². The van der Waals surface area contributed by atoms with Gasteiger partial charge in [0.15, 0.2) is 0 Å². The number of carbonyl (C=O) groups excluding carboxylic acids is 1. The number of nitrogens with zero attached hydrogens (tertiary/aromatic N) is 8. The molecule has 1 amide bonds. The minimum atomic E-state index is -4.59. The average molecular weight is 566 g/mol. The predicted molar refractivity (Wildman–Crippen MR) is 148 cm³/mol. The normalized spacial score (nSPS) is 14.8. The van der Waals surface area contributed by atoms with Crippen molar-refractivity contribution < 1.29 is 18.0 Å². The summed E-state index contributed by atoms with van der Waals surface area (Å²) in [7, 11) is 0. The van der Waals surface area contributed by atoms with Crippen LogP contribution in [0.25, 0.3) is 16.9 Å². The zero-order chi connectivity index (χ0) is 29.4. The SMILES string of the molecule is Cc1ncc(NC(=O)c2cc(C(F)(F)F)ccn2)cc1-n1cc(-c2cncc(N3CCN(C(C)(C)C)CC3)c2)nn1. The smallest absolute Gasteiger partial charge is 0.368 e. The van der Waals surface area contributed by atoms with Gasteiger partial charge in [-0.25, -0.2) is 4.68 Å². The van der Waals surface area contributed by atoms with Crippen molar-refractivity contribution in [1.82, 2.24) is 34.8 Å². The van der Waals surface area contributed by atoms with Crippen LogP contribution in [0.4, 0.5) is 24.5 Å². The zero-order valence-corrected chi connectivity index (χ0v) is 23.1. The Morgan fingerprint density at radius 3 is 2.44 bits per heavy atom. The zero-order valence-electron chi connectivity index (χ0n) is 23.1. The molecule has 4 aromatic heterocycles. The molecule has 0 unspecified atom stereocenters. The van der Waals surface area contributed by atoms with Crippen LogP contribution in [-0.4, -0.2) is 72.5 Å². The molecule has 0 bridgehead atoms. The molecular formula is C28H30F3N9O. The second-order valence-corrected chi connectivity index (χ2v) is 10.8. The third kappa shape index (κ3) is 6.35. The summed E-state index contributed by atoms with van der Waals surface area (Å²) < 4.78 is 40.7. The van der Waals surface area contributed by atoms with Crippen molar-refractivity contribution in [2.45, 2.75) is 39.4 Å². The van der Waals surface area contributed by atoms with Gasteiger partial charge in [0.25, 0.3) is 5.91 Å². The number of aromatic nitrogens is 6. The van der Waals surface area contributed by atoms with Gasteiger partial charge in [0.05, 0.1) is 46.9 Å². The minimum absolute atomic E-state index is 0.132. The molecule has 214 valence electrons. The van der Waals surface area contributed by atoms with Crippen LogP contribution >= 0.6 is 0 Å². The fourth-order valence-corrected chi connectivity index (χ4v) is 4.64. The molecular weight excluding hydrogens is 535 g/mol. The van der Waals surface area contributed by atoms with Gasteiger partial charge in [0.2, 0.25) is 0 Å². The van der Waals surface area contributed by atoms with Crippen LogP contribution in [0, 0.1) is 6.92 Å². The highest BCUT2D eigenvalue weighted by Gasteiger charge is 2.31. The Kier molecular flexibility index (Phi) is 7.47. The number of alkyl halides is 3. The highest BCUT2D eigenvalue weighted by molar-refractivity contribution is 6.03. The maximum Gasteiger partial charge on any atom is 0.416 e. The second kappa shape index (κ2) is 10.9. The number of hydrogen-bond donors (Lipinski definition) is 1. The van der Waals surface area contributed by atoms with Crippen LogP contribution < -0.4 is 10.2 Å². The lowest BCUT2D eigenvalue weighted by molar-refractivity contribution is -0.137. The lowest BCUT2D eigenvalue weighted by Gasteiger charge is -2.43. The number of nitrogens with one attached hydrogen (secondary N) is 1. The molecule has 5 heterocycles. The molecule has 1 fully saturated rings. The molecule has 1 N–H and O–H groups in total. The summed E-state index contributed by atoms with van der Waals surface area (Å²) in [6.07, 6.45) is 3.09. The Morgan fingerprint density at radius 2 is 1.73 bits per heavy atom. The van der Waals surface area contributed by atoms with Crippen molar-refractivity contribution in [2.24, 2.45) is 0 Å². The quantitative estimate of drug-likeness (QED) is 0.374. The first-order valence-electron chi connectivity index (χ1n) is 13.1. The van der Waals surface area contributed by atoms with Gasteiger partial charge >= 0.3 is 6.18 Å². The van der Waals surface area contributed by atoms with Gasteiger partial charge < -0.3 is 10.2 Å². The Morgan fingerprint density at radius 1 is 0.976 bits per heavy atom. The summed E-state index contributed by atoms with van der Waals surface area (Å²) in [6, 6.07) is 5.17. The van der Waals surface area contributed by atoms with Crippen LogP contribution in [0.3, 0.4) is 0 Å². The van der Waals surface area contributed by atoms with E-state index < -0.39 is 17.6 Å². The van der Waals surface area contributed by atoms with Crippen LogP contribution in [0.1, 0.15) is 42.5 Å². The first kappa shape index (κ1) is 28.1. The minimum Gasteiger partial charge on any atom is -0.368 e. The molecule has 0 atom stereocenters. The number of rotatable bonds is 5. The number of carbonyl (C=O) groups is 1. The van der Waals surface area contributed by atoms with Gasteiger partial charge in [0.1, 0.15) is 11.4 Å². The summed E-state index contributed by atoms with van der Waals surface area (Å²) >= 11 is 0. The number of halogens is 3. The van der Waals surface area contributed by atoms with Crippen molar-refractivity contribution in [3.8, 4) is 16.9 Å². The third-order valence-corrected chi connectivity index (χ3v) is 6.99. The van der Waals surface area contributed by atoms with Crippen LogP contribution in [0.5, 0.6) is 0 Å². The maximum absolute atomic E-state index is 13.0. The highest BCUT2D eigenvalue weighted by atomic mass is 19.4. The molecule has 13 heteroatoms. The molecule has 0 spiro atoms. The molecule has 41 heavy (non-hydrogen) atoms. The summed E-state index contributed by atoms with van der Waals surface area (Å²) in [5.74, 6) is -0.793. The first-order valence-corrected chi connectivity index (χ1v) is 13.1. The fraction of sp³-hybridized carbons (Fsp3) is 0.357. The molecule has 0 radical (unpaired) electrons. The second-order valence-electron chi connectivity index (χ2n) is 10.8. The number of pyridine rings is 3. The summed E-state index contributed by atoms with van der Waals surface area (Å²) in [5, 5.41) is 11.1. The van der Waals surface area contributed by atoms with E-state index >= 15 is 0 Å². The Balaban J connectivity index is 1.32. The standard InChI is InChI=1S/C28H30F3N9O/c1-18-25(13-21(15-34-18)35-26(41)23-12-20(5-6-33-23)28(29,30)31)40-17-24(36-37-40)19-11-22(16-32-14-19)38-7-9-39(10-8-38)27(2,3)4/h5-6,11-17H,7-10H2,1-4H3,(H,35,41). The molecule has 1 saturated heterocycles. The fourth-order valence-electron chi connectivity index (χ4n) is 4.64. The molecule has 4 aromatic rings. The molecule has 10 nitrogen and oxygen atoms in total. The molecule has 1 aliphatic rings.